The molecule has 1 N–H and O–H groups in total. The average Bonchev–Trinajstić information content (AvgIpc) is 2.60. The van der Waals surface area contributed by atoms with E-state index in [-0.39, 0.29) is 4.90 Å². The quantitative estimate of drug-likeness (QED) is 0.279. The molecule has 2 aromatic rings. The van der Waals surface area contributed by atoms with Crippen LogP contribution in [0.25, 0.3) is 0 Å². The first kappa shape index (κ1) is 22.5. The van der Waals surface area contributed by atoms with E-state index in [1.165, 1.54) is 13.0 Å². The third-order valence-corrected chi connectivity index (χ3v) is 4.71. The van der Waals surface area contributed by atoms with Gasteiger partial charge in [-0.15, -0.1) is 11.8 Å². The highest BCUT2D eigenvalue weighted by Crippen LogP contribution is 2.38. The van der Waals surface area contributed by atoms with Gasteiger partial charge in [0.25, 0.3) is 5.69 Å². The van der Waals surface area contributed by atoms with Gasteiger partial charge in [0.15, 0.2) is 0 Å². The van der Waals surface area contributed by atoms with Crippen molar-refractivity contribution < 1.29 is 36.1 Å². The Hall–Kier alpha value is -2.76. The van der Waals surface area contributed by atoms with Crippen molar-refractivity contribution in [3.05, 3.63) is 63.7 Å². The molecule has 0 radical (unpaired) electrons. The third-order valence-electron chi connectivity index (χ3n) is 3.62. The van der Waals surface area contributed by atoms with Crippen LogP contribution in [0.5, 0.6) is 0 Å². The first-order valence-corrected chi connectivity index (χ1v) is 8.67. The molecule has 0 bridgehead atoms. The van der Waals surface area contributed by atoms with Crippen molar-refractivity contribution in [2.75, 3.05) is 5.32 Å². The maximum absolute atomic E-state index is 13.2. The lowest BCUT2D eigenvalue weighted by molar-refractivity contribution is -0.385. The summed E-state index contributed by atoms with van der Waals surface area (Å²) in [5.41, 5.74) is -3.83. The molecule has 0 saturated carbocycles. The Balaban J connectivity index is 2.21. The molecule has 2 aromatic carbocycles. The summed E-state index contributed by atoms with van der Waals surface area (Å²) in [5.74, 6) is -0.910. The maximum Gasteiger partial charge on any atom is 0.418 e. The van der Waals surface area contributed by atoms with Gasteiger partial charge in [-0.1, -0.05) is 6.07 Å². The second kappa shape index (κ2) is 8.31. The zero-order valence-corrected chi connectivity index (χ0v) is 15.3. The number of nitrogens with zero attached hydrogens (tertiary/aromatic N) is 1. The fraction of sp³-hybridized carbons (Fsp3) is 0.235. The van der Waals surface area contributed by atoms with E-state index in [1.807, 2.05) is 5.32 Å². The Kier molecular flexibility index (Phi) is 6.46. The summed E-state index contributed by atoms with van der Waals surface area (Å²) in [4.78, 5) is 22.0. The molecule has 0 saturated heterocycles. The summed E-state index contributed by atoms with van der Waals surface area (Å²) >= 11 is 0.721. The molecule has 0 aliphatic carbocycles. The maximum atomic E-state index is 13.2. The van der Waals surface area contributed by atoms with Gasteiger partial charge >= 0.3 is 12.4 Å². The molecule has 29 heavy (non-hydrogen) atoms. The summed E-state index contributed by atoms with van der Waals surface area (Å²) in [6.45, 7) is 1.30. The average molecular weight is 438 g/mol. The van der Waals surface area contributed by atoms with Gasteiger partial charge in [-0.3, -0.25) is 14.9 Å². The topological polar surface area (TPSA) is 72.2 Å². The van der Waals surface area contributed by atoms with Crippen LogP contribution in [0.15, 0.2) is 47.4 Å². The lowest BCUT2D eigenvalue weighted by Gasteiger charge is -2.16. The summed E-state index contributed by atoms with van der Waals surface area (Å²) in [5, 5.41) is 11.7. The van der Waals surface area contributed by atoms with Gasteiger partial charge in [0.1, 0.15) is 0 Å². The van der Waals surface area contributed by atoms with Gasteiger partial charge in [0, 0.05) is 17.0 Å². The number of anilines is 1. The molecule has 0 fully saturated rings. The van der Waals surface area contributed by atoms with Gasteiger partial charge in [0.05, 0.1) is 27.0 Å². The van der Waals surface area contributed by atoms with Gasteiger partial charge in [0.2, 0.25) is 5.91 Å². The van der Waals surface area contributed by atoms with E-state index in [0.717, 1.165) is 42.1 Å². The van der Waals surface area contributed by atoms with Crippen molar-refractivity contribution in [1.29, 1.82) is 0 Å². The number of nitro groups is 1. The van der Waals surface area contributed by atoms with Crippen molar-refractivity contribution in [3.8, 4) is 0 Å². The first-order valence-electron chi connectivity index (χ1n) is 7.79. The largest absolute Gasteiger partial charge is 0.418 e. The first-order chi connectivity index (χ1) is 13.3. The highest BCUT2D eigenvalue weighted by Gasteiger charge is 2.36. The molecule has 0 aliphatic rings. The number of rotatable bonds is 5. The molecule has 156 valence electrons. The minimum Gasteiger partial charge on any atom is -0.325 e. The fourth-order valence-electron chi connectivity index (χ4n) is 2.23. The lowest BCUT2D eigenvalue weighted by Crippen LogP contribution is -2.24. The van der Waals surface area contributed by atoms with E-state index in [1.54, 1.807) is 0 Å². The zero-order valence-electron chi connectivity index (χ0n) is 14.5. The molecule has 12 heteroatoms. The molecule has 1 amide bonds. The lowest BCUT2D eigenvalue weighted by atomic mass is 10.1. The van der Waals surface area contributed by atoms with Crippen molar-refractivity contribution in [3.63, 3.8) is 0 Å². The van der Waals surface area contributed by atoms with Crippen LogP contribution in [0.2, 0.25) is 0 Å². The summed E-state index contributed by atoms with van der Waals surface area (Å²) < 4.78 is 77.7. The number of alkyl halides is 6. The van der Waals surface area contributed by atoms with Crippen LogP contribution in [-0.4, -0.2) is 16.1 Å². The highest BCUT2D eigenvalue weighted by molar-refractivity contribution is 8.00. The van der Waals surface area contributed by atoms with Gasteiger partial charge < -0.3 is 5.32 Å². The van der Waals surface area contributed by atoms with E-state index in [4.69, 9.17) is 0 Å². The van der Waals surface area contributed by atoms with Crippen molar-refractivity contribution >= 4 is 29.0 Å². The van der Waals surface area contributed by atoms with Gasteiger partial charge in [-0.05, 0) is 31.2 Å². The smallest absolute Gasteiger partial charge is 0.325 e. The minimum absolute atomic E-state index is 0.0993. The number of nitro benzene ring substituents is 1. The van der Waals surface area contributed by atoms with Crippen LogP contribution in [0.3, 0.4) is 0 Å². The standard InChI is InChI=1S/C17H12F6N2O3S/c1-9(29-12-4-2-3-10(7-12)16(18,19)20)15(26)24-14-6-5-11(25(27)28)8-13(14)17(21,22)23/h2-9H,1H3,(H,24,26). The number of amides is 1. The second-order valence-corrected chi connectivity index (χ2v) is 7.17. The number of carbonyl (C=O) groups is 1. The van der Waals surface area contributed by atoms with Gasteiger partial charge in [-0.25, -0.2) is 0 Å². The molecule has 1 unspecified atom stereocenters. The van der Waals surface area contributed by atoms with E-state index in [0.29, 0.717) is 6.07 Å². The Morgan fingerprint density at radius 2 is 1.72 bits per heavy atom. The van der Waals surface area contributed by atoms with Crippen LogP contribution < -0.4 is 5.32 Å². The van der Waals surface area contributed by atoms with E-state index < -0.39 is 50.9 Å². The summed E-state index contributed by atoms with van der Waals surface area (Å²) in [6, 6.07) is 5.99. The van der Waals surface area contributed by atoms with Crippen LogP contribution in [-0.2, 0) is 17.1 Å². The van der Waals surface area contributed by atoms with Gasteiger partial charge in [-0.2, -0.15) is 26.3 Å². The van der Waals surface area contributed by atoms with Crippen molar-refractivity contribution in [2.24, 2.45) is 0 Å². The SMILES string of the molecule is CC(Sc1cccc(C(F)(F)F)c1)C(=O)Nc1ccc([N+](=O)[O-])cc1C(F)(F)F. The van der Waals surface area contributed by atoms with Crippen LogP contribution in [0.1, 0.15) is 18.1 Å². The van der Waals surface area contributed by atoms with Crippen LogP contribution in [0, 0.1) is 10.1 Å². The monoisotopic (exact) mass is 438 g/mol. The van der Waals surface area contributed by atoms with Crippen LogP contribution >= 0.6 is 11.8 Å². The Morgan fingerprint density at radius 3 is 2.28 bits per heavy atom. The fourth-order valence-corrected chi connectivity index (χ4v) is 3.15. The molecule has 2 rings (SSSR count). The molecule has 0 spiro atoms. The predicted molar refractivity (Wildman–Crippen MR) is 93.5 cm³/mol. The summed E-state index contributed by atoms with van der Waals surface area (Å²) in [6.07, 6.45) is -9.55. The number of halogens is 6. The number of thioether (sulfide) groups is 1. The number of hydrogen-bond donors (Lipinski definition) is 1. The molecule has 5 nitrogen and oxygen atoms in total. The zero-order chi connectivity index (χ0) is 22.0. The van der Waals surface area contributed by atoms with Crippen LogP contribution in [0.4, 0.5) is 37.7 Å². The normalized spacial score (nSPS) is 13.1. The third kappa shape index (κ3) is 5.86. The number of benzene rings is 2. The molecule has 0 aromatic heterocycles. The van der Waals surface area contributed by atoms with E-state index in [9.17, 15) is 41.3 Å². The number of hydrogen-bond acceptors (Lipinski definition) is 4. The number of non-ortho nitro benzene ring substituents is 1. The Labute approximate surface area is 164 Å². The Bertz CT molecular complexity index is 930. The van der Waals surface area contributed by atoms with Crippen molar-refractivity contribution in [1.82, 2.24) is 0 Å². The second-order valence-electron chi connectivity index (χ2n) is 5.76. The number of carbonyl (C=O) groups excluding carboxylic acids is 1. The summed E-state index contributed by atoms with van der Waals surface area (Å²) in [7, 11) is 0. The minimum atomic E-state index is -4.97. The molecule has 0 heterocycles. The Morgan fingerprint density at radius 1 is 1.07 bits per heavy atom. The van der Waals surface area contributed by atoms with E-state index in [2.05, 4.69) is 0 Å². The van der Waals surface area contributed by atoms with Crippen molar-refractivity contribution in [2.45, 2.75) is 29.4 Å². The molecule has 1 atom stereocenters. The number of nitrogens with one attached hydrogen (secondary N) is 1. The predicted octanol–water partition coefficient (Wildman–Crippen LogP) is 5.75. The van der Waals surface area contributed by atoms with E-state index >= 15 is 0 Å². The molecular formula is C17H12F6N2O3S. The highest BCUT2D eigenvalue weighted by atomic mass is 32.2. The molecule has 0 aliphatic heterocycles. The molecular weight excluding hydrogens is 426 g/mol.